The van der Waals surface area contributed by atoms with Crippen molar-refractivity contribution >= 4 is 11.9 Å². The van der Waals surface area contributed by atoms with Gasteiger partial charge >= 0.3 is 11.9 Å². The summed E-state index contributed by atoms with van der Waals surface area (Å²) in [7, 11) is 0. The maximum Gasteiger partial charge on any atom is 0.334 e. The highest BCUT2D eigenvalue weighted by Crippen LogP contribution is 2.36. The second kappa shape index (κ2) is 6.29. The third-order valence-corrected chi connectivity index (χ3v) is 3.98. The average Bonchev–Trinajstić information content (AvgIpc) is 2.62. The predicted octanol–water partition coefficient (Wildman–Crippen LogP) is 3.09. The molecule has 0 bridgehead atoms. The van der Waals surface area contributed by atoms with Gasteiger partial charge in [-0.05, 0) is 32.8 Å². The Balaban J connectivity index is 2.39. The standard InChI is InChI=1S/C17H22O4/c1-10-6-5-7-11(2)9-15-16(12(3)17(19)21-15)14(8-10)20-13(4)18/h6,9,14-16H,3,5,7-8H2,1-2,4H3/b10-6+,11-9+/t14-,15-,16+/m1/s1. The molecule has 0 aromatic carbocycles. The summed E-state index contributed by atoms with van der Waals surface area (Å²) in [5.41, 5.74) is 2.71. The molecule has 0 unspecified atom stereocenters. The van der Waals surface area contributed by atoms with Crippen LogP contribution in [0.3, 0.4) is 0 Å². The highest BCUT2D eigenvalue weighted by Gasteiger charge is 2.44. The first-order chi connectivity index (χ1) is 9.88. The smallest absolute Gasteiger partial charge is 0.334 e. The van der Waals surface area contributed by atoms with Crippen LogP contribution in [0.4, 0.5) is 0 Å². The van der Waals surface area contributed by atoms with Crippen LogP contribution in [0.2, 0.25) is 0 Å². The molecule has 0 aromatic rings. The van der Waals surface area contributed by atoms with Gasteiger partial charge in [0.15, 0.2) is 0 Å². The van der Waals surface area contributed by atoms with Crippen molar-refractivity contribution in [3.8, 4) is 0 Å². The molecule has 0 spiro atoms. The Hall–Kier alpha value is -1.84. The zero-order valence-corrected chi connectivity index (χ0v) is 12.8. The number of fused-ring (bicyclic) bond motifs is 1. The first-order valence-electron chi connectivity index (χ1n) is 7.28. The SMILES string of the molecule is C=C1C(=O)O[C@@H]2/C=C(\C)CC/C=C(\C)C[C@@H](OC(C)=O)[C@H]12. The molecule has 0 aromatic heterocycles. The van der Waals surface area contributed by atoms with Gasteiger partial charge in [-0.2, -0.15) is 0 Å². The van der Waals surface area contributed by atoms with E-state index in [2.05, 4.69) is 12.7 Å². The lowest BCUT2D eigenvalue weighted by atomic mass is 9.85. The molecule has 1 fully saturated rings. The van der Waals surface area contributed by atoms with Crippen molar-refractivity contribution < 1.29 is 19.1 Å². The van der Waals surface area contributed by atoms with E-state index in [1.807, 2.05) is 19.9 Å². The molecule has 0 amide bonds. The van der Waals surface area contributed by atoms with Gasteiger partial charge < -0.3 is 9.47 Å². The van der Waals surface area contributed by atoms with Gasteiger partial charge in [-0.3, -0.25) is 4.79 Å². The van der Waals surface area contributed by atoms with E-state index in [1.54, 1.807) is 0 Å². The molecule has 1 heterocycles. The Morgan fingerprint density at radius 1 is 1.38 bits per heavy atom. The van der Waals surface area contributed by atoms with E-state index in [1.165, 1.54) is 12.5 Å². The highest BCUT2D eigenvalue weighted by atomic mass is 16.6. The number of hydrogen-bond donors (Lipinski definition) is 0. The van der Waals surface area contributed by atoms with Crippen molar-refractivity contribution in [1.29, 1.82) is 0 Å². The van der Waals surface area contributed by atoms with Gasteiger partial charge in [0.2, 0.25) is 0 Å². The first kappa shape index (κ1) is 15.5. The van der Waals surface area contributed by atoms with E-state index >= 15 is 0 Å². The topological polar surface area (TPSA) is 52.6 Å². The number of ether oxygens (including phenoxy) is 2. The van der Waals surface area contributed by atoms with Crippen LogP contribution in [-0.2, 0) is 19.1 Å². The molecule has 0 N–H and O–H groups in total. The fourth-order valence-electron chi connectivity index (χ4n) is 2.95. The quantitative estimate of drug-likeness (QED) is 0.423. The minimum absolute atomic E-state index is 0.308. The number of rotatable bonds is 1. The van der Waals surface area contributed by atoms with Crippen LogP contribution in [0.1, 0.15) is 40.0 Å². The Kier molecular flexibility index (Phi) is 4.66. The molecule has 114 valence electrons. The Morgan fingerprint density at radius 3 is 2.76 bits per heavy atom. The fraction of sp³-hybridized carbons (Fsp3) is 0.529. The van der Waals surface area contributed by atoms with Crippen LogP contribution < -0.4 is 0 Å². The molecule has 1 aliphatic carbocycles. The van der Waals surface area contributed by atoms with Crippen LogP contribution >= 0.6 is 0 Å². The van der Waals surface area contributed by atoms with Crippen molar-refractivity contribution in [1.82, 2.24) is 0 Å². The molecule has 4 heteroatoms. The predicted molar refractivity (Wildman–Crippen MR) is 79.4 cm³/mol. The Bertz CT molecular complexity index is 527. The Morgan fingerprint density at radius 2 is 2.10 bits per heavy atom. The van der Waals surface area contributed by atoms with Gasteiger partial charge in [0.1, 0.15) is 12.2 Å². The van der Waals surface area contributed by atoms with Crippen LogP contribution in [0.5, 0.6) is 0 Å². The lowest BCUT2D eigenvalue weighted by Crippen LogP contribution is -2.32. The van der Waals surface area contributed by atoms with Gasteiger partial charge in [-0.15, -0.1) is 0 Å². The fourth-order valence-corrected chi connectivity index (χ4v) is 2.95. The third-order valence-electron chi connectivity index (χ3n) is 3.98. The number of esters is 2. The molecule has 3 atom stereocenters. The molecule has 1 aliphatic heterocycles. The van der Waals surface area contributed by atoms with Crippen LogP contribution in [-0.4, -0.2) is 24.1 Å². The first-order valence-corrected chi connectivity index (χ1v) is 7.28. The van der Waals surface area contributed by atoms with Crippen molar-refractivity contribution in [3.63, 3.8) is 0 Å². The number of allylic oxidation sites excluding steroid dienone is 2. The maximum atomic E-state index is 11.9. The van der Waals surface area contributed by atoms with Crippen LogP contribution in [0, 0.1) is 5.92 Å². The van der Waals surface area contributed by atoms with Crippen molar-refractivity contribution in [2.45, 2.75) is 52.2 Å². The van der Waals surface area contributed by atoms with Gasteiger partial charge in [-0.1, -0.05) is 23.8 Å². The summed E-state index contributed by atoms with van der Waals surface area (Å²) in [5, 5.41) is 0. The normalized spacial score (nSPS) is 34.9. The van der Waals surface area contributed by atoms with Gasteiger partial charge in [0.05, 0.1) is 5.92 Å². The van der Waals surface area contributed by atoms with Crippen molar-refractivity contribution in [2.75, 3.05) is 0 Å². The van der Waals surface area contributed by atoms with E-state index in [0.717, 1.165) is 18.4 Å². The minimum atomic E-state index is -0.412. The lowest BCUT2D eigenvalue weighted by Gasteiger charge is -2.26. The molecular formula is C17H22O4. The number of hydrogen-bond acceptors (Lipinski definition) is 4. The van der Waals surface area contributed by atoms with E-state index in [0.29, 0.717) is 12.0 Å². The summed E-state index contributed by atoms with van der Waals surface area (Å²) in [4.78, 5) is 23.2. The van der Waals surface area contributed by atoms with Crippen molar-refractivity contribution in [3.05, 3.63) is 35.5 Å². The zero-order valence-electron chi connectivity index (χ0n) is 12.8. The number of carbonyl (C=O) groups excluding carboxylic acids is 2. The van der Waals surface area contributed by atoms with Gasteiger partial charge in [-0.25, -0.2) is 4.79 Å². The molecule has 21 heavy (non-hydrogen) atoms. The molecule has 0 saturated carbocycles. The molecule has 4 nitrogen and oxygen atoms in total. The van der Waals surface area contributed by atoms with Crippen molar-refractivity contribution in [2.24, 2.45) is 5.92 Å². The van der Waals surface area contributed by atoms with E-state index < -0.39 is 12.1 Å². The molecule has 1 saturated heterocycles. The van der Waals surface area contributed by atoms with Gasteiger partial charge in [0.25, 0.3) is 0 Å². The van der Waals surface area contributed by atoms with Gasteiger partial charge in [0, 0.05) is 18.9 Å². The maximum absolute atomic E-state index is 11.9. The van der Waals surface area contributed by atoms with Crippen LogP contribution in [0.15, 0.2) is 35.5 Å². The summed E-state index contributed by atoms with van der Waals surface area (Å²) < 4.78 is 10.9. The molecule has 0 radical (unpaired) electrons. The summed E-state index contributed by atoms with van der Waals surface area (Å²) in [5.74, 6) is -1.05. The second-order valence-corrected chi connectivity index (χ2v) is 5.88. The third kappa shape index (κ3) is 3.63. The number of carbonyl (C=O) groups is 2. The molecule has 2 aliphatic rings. The zero-order chi connectivity index (χ0) is 15.6. The van der Waals surface area contributed by atoms with E-state index in [9.17, 15) is 9.59 Å². The lowest BCUT2D eigenvalue weighted by molar-refractivity contribution is -0.149. The summed E-state index contributed by atoms with van der Waals surface area (Å²) >= 11 is 0. The largest absolute Gasteiger partial charge is 0.461 e. The summed E-state index contributed by atoms with van der Waals surface area (Å²) in [6.45, 7) is 9.27. The Labute approximate surface area is 125 Å². The minimum Gasteiger partial charge on any atom is -0.461 e. The average molecular weight is 290 g/mol. The molecule has 2 rings (SSSR count). The summed E-state index contributed by atoms with van der Waals surface area (Å²) in [6, 6.07) is 0. The van der Waals surface area contributed by atoms with E-state index in [-0.39, 0.29) is 18.0 Å². The summed E-state index contributed by atoms with van der Waals surface area (Å²) in [6.07, 6.45) is 5.80. The monoisotopic (exact) mass is 290 g/mol. The highest BCUT2D eigenvalue weighted by molar-refractivity contribution is 5.91. The molecular weight excluding hydrogens is 268 g/mol. The second-order valence-electron chi connectivity index (χ2n) is 5.88. The van der Waals surface area contributed by atoms with E-state index in [4.69, 9.17) is 9.47 Å². The van der Waals surface area contributed by atoms with Crippen LogP contribution in [0.25, 0.3) is 0 Å².